The number of aryl methyl sites for hydroxylation is 1. The molecular weight excluding hydrogens is 290 g/mol. The molecule has 0 spiro atoms. The second-order valence-electron chi connectivity index (χ2n) is 4.91. The first kappa shape index (κ1) is 16.3. The number of nitrogens with one attached hydrogen (secondary N) is 1. The van der Waals surface area contributed by atoms with Gasteiger partial charge in [0.05, 0.1) is 13.7 Å². The first-order chi connectivity index (χ1) is 11.1. The quantitative estimate of drug-likeness (QED) is 0.537. The van der Waals surface area contributed by atoms with Crippen LogP contribution in [0.5, 0.6) is 5.75 Å². The molecule has 116 valence electrons. The average molecular weight is 307 g/mol. The third kappa shape index (κ3) is 4.72. The fourth-order valence-corrected chi connectivity index (χ4v) is 1.87. The van der Waals surface area contributed by atoms with E-state index < -0.39 is 0 Å². The van der Waals surface area contributed by atoms with Crippen molar-refractivity contribution in [1.82, 2.24) is 5.32 Å². The molecule has 2 aromatic carbocycles. The molecule has 23 heavy (non-hydrogen) atoms. The molecule has 0 radical (unpaired) electrons. The van der Waals surface area contributed by atoms with Crippen LogP contribution in [0.25, 0.3) is 0 Å². The highest BCUT2D eigenvalue weighted by Crippen LogP contribution is 2.10. The molecule has 0 bridgehead atoms. The minimum absolute atomic E-state index is 0.114. The molecule has 4 nitrogen and oxygen atoms in total. The molecule has 0 aliphatic carbocycles. The fourth-order valence-electron chi connectivity index (χ4n) is 1.87. The van der Waals surface area contributed by atoms with Crippen molar-refractivity contribution < 1.29 is 14.3 Å². The first-order valence-corrected chi connectivity index (χ1v) is 7.12. The number of carbonyl (C=O) groups is 2. The lowest BCUT2D eigenvalue weighted by molar-refractivity contribution is 0.0957. The van der Waals surface area contributed by atoms with E-state index >= 15 is 0 Å². The van der Waals surface area contributed by atoms with Gasteiger partial charge in [-0.2, -0.15) is 0 Å². The van der Waals surface area contributed by atoms with E-state index in [2.05, 4.69) is 17.2 Å². The maximum Gasteiger partial charge on any atom is 0.252 e. The molecule has 0 unspecified atom stereocenters. The van der Waals surface area contributed by atoms with Gasteiger partial charge in [0.1, 0.15) is 5.75 Å². The number of carbonyl (C=O) groups excluding carboxylic acids is 2. The van der Waals surface area contributed by atoms with Crippen LogP contribution < -0.4 is 10.1 Å². The molecule has 0 aromatic heterocycles. The summed E-state index contributed by atoms with van der Waals surface area (Å²) in [6.07, 6.45) is 0. The van der Waals surface area contributed by atoms with Crippen LogP contribution in [0.1, 0.15) is 26.3 Å². The fraction of sp³-hybridized carbons (Fsp3) is 0.158. The van der Waals surface area contributed by atoms with E-state index in [-0.39, 0.29) is 18.2 Å². The van der Waals surface area contributed by atoms with Crippen molar-refractivity contribution in [2.24, 2.45) is 0 Å². The molecule has 0 aliphatic heterocycles. The van der Waals surface area contributed by atoms with Crippen molar-refractivity contribution in [3.8, 4) is 17.6 Å². The summed E-state index contributed by atoms with van der Waals surface area (Å²) in [5.74, 6) is 5.36. The largest absolute Gasteiger partial charge is 0.497 e. The van der Waals surface area contributed by atoms with Gasteiger partial charge in [-0.05, 0) is 37.1 Å². The van der Waals surface area contributed by atoms with E-state index in [4.69, 9.17) is 4.74 Å². The Morgan fingerprint density at radius 2 is 1.61 bits per heavy atom. The summed E-state index contributed by atoms with van der Waals surface area (Å²) in [4.78, 5) is 23.7. The summed E-state index contributed by atoms with van der Waals surface area (Å²) in [7, 11) is 1.57. The Bertz CT molecular complexity index is 750. The molecule has 2 aromatic rings. The van der Waals surface area contributed by atoms with Crippen molar-refractivity contribution in [2.45, 2.75) is 6.92 Å². The molecule has 2 rings (SSSR count). The lowest BCUT2D eigenvalue weighted by Crippen LogP contribution is -2.23. The third-order valence-electron chi connectivity index (χ3n) is 3.21. The van der Waals surface area contributed by atoms with Gasteiger partial charge in [-0.15, -0.1) is 0 Å². The van der Waals surface area contributed by atoms with E-state index in [9.17, 15) is 9.59 Å². The zero-order valence-corrected chi connectivity index (χ0v) is 13.1. The van der Waals surface area contributed by atoms with Gasteiger partial charge < -0.3 is 10.1 Å². The van der Waals surface area contributed by atoms with Gasteiger partial charge in [-0.1, -0.05) is 35.7 Å². The normalized spacial score (nSPS) is 9.48. The maximum atomic E-state index is 11.9. The van der Waals surface area contributed by atoms with E-state index in [0.29, 0.717) is 16.9 Å². The Morgan fingerprint density at radius 3 is 2.22 bits per heavy atom. The van der Waals surface area contributed by atoms with Crippen LogP contribution in [0.4, 0.5) is 0 Å². The minimum Gasteiger partial charge on any atom is -0.497 e. The SMILES string of the molecule is COc1ccc(C(=O)NCC#CC(=O)c2ccc(C)cc2)cc1. The zero-order valence-electron chi connectivity index (χ0n) is 13.1. The number of ether oxygens (including phenoxy) is 1. The predicted octanol–water partition coefficient (Wildman–Crippen LogP) is 2.62. The second-order valence-corrected chi connectivity index (χ2v) is 4.91. The van der Waals surface area contributed by atoms with Crippen LogP contribution in [-0.4, -0.2) is 25.3 Å². The molecule has 1 N–H and O–H groups in total. The van der Waals surface area contributed by atoms with E-state index in [1.54, 1.807) is 43.5 Å². The van der Waals surface area contributed by atoms with Crippen molar-refractivity contribution >= 4 is 11.7 Å². The standard InChI is InChI=1S/C19H17NO3/c1-14-5-7-15(8-6-14)18(21)4-3-13-20-19(22)16-9-11-17(23-2)12-10-16/h5-12H,13H2,1-2H3,(H,20,22). The molecule has 0 saturated carbocycles. The number of amides is 1. The summed E-state index contributed by atoms with van der Waals surface area (Å²) in [6.45, 7) is 2.07. The van der Waals surface area contributed by atoms with Crippen LogP contribution in [0.3, 0.4) is 0 Å². The summed E-state index contributed by atoms with van der Waals surface area (Å²) >= 11 is 0. The van der Waals surface area contributed by atoms with E-state index in [1.165, 1.54) is 0 Å². The molecule has 0 heterocycles. The zero-order chi connectivity index (χ0) is 16.7. The van der Waals surface area contributed by atoms with Gasteiger partial charge in [-0.25, -0.2) is 0 Å². The van der Waals surface area contributed by atoms with Crippen LogP contribution in [0.2, 0.25) is 0 Å². The lowest BCUT2D eigenvalue weighted by atomic mass is 10.1. The summed E-state index contributed by atoms with van der Waals surface area (Å²) in [5, 5.41) is 2.65. The van der Waals surface area contributed by atoms with Gasteiger partial charge in [-0.3, -0.25) is 9.59 Å². The van der Waals surface area contributed by atoms with Crippen molar-refractivity contribution in [1.29, 1.82) is 0 Å². The topological polar surface area (TPSA) is 55.4 Å². The van der Waals surface area contributed by atoms with Gasteiger partial charge in [0.15, 0.2) is 0 Å². The highest BCUT2D eigenvalue weighted by molar-refractivity contribution is 6.09. The highest BCUT2D eigenvalue weighted by Gasteiger charge is 2.04. The number of hydrogen-bond acceptors (Lipinski definition) is 3. The molecule has 0 atom stereocenters. The Hall–Kier alpha value is -3.06. The molecule has 1 amide bonds. The van der Waals surface area contributed by atoms with Gasteiger partial charge in [0, 0.05) is 11.1 Å². The average Bonchev–Trinajstić information content (AvgIpc) is 2.59. The van der Waals surface area contributed by atoms with Crippen LogP contribution in [0.15, 0.2) is 48.5 Å². The molecule has 0 aliphatic rings. The minimum atomic E-state index is -0.260. The van der Waals surface area contributed by atoms with Gasteiger partial charge in [0.2, 0.25) is 5.78 Å². The van der Waals surface area contributed by atoms with E-state index in [0.717, 1.165) is 5.56 Å². The molecule has 4 heteroatoms. The third-order valence-corrected chi connectivity index (χ3v) is 3.21. The predicted molar refractivity (Wildman–Crippen MR) is 88.6 cm³/mol. The lowest BCUT2D eigenvalue weighted by Gasteiger charge is -2.03. The number of methoxy groups -OCH3 is 1. The van der Waals surface area contributed by atoms with Crippen LogP contribution in [-0.2, 0) is 0 Å². The molecule has 0 fully saturated rings. The van der Waals surface area contributed by atoms with E-state index in [1.807, 2.05) is 19.1 Å². The second kappa shape index (κ2) is 7.81. The van der Waals surface area contributed by atoms with Crippen molar-refractivity contribution in [3.05, 3.63) is 65.2 Å². The molecular formula is C19H17NO3. The Balaban J connectivity index is 1.88. The van der Waals surface area contributed by atoms with Gasteiger partial charge >= 0.3 is 0 Å². The Morgan fingerprint density at radius 1 is 1.00 bits per heavy atom. The molecule has 0 saturated heterocycles. The smallest absolute Gasteiger partial charge is 0.252 e. The summed E-state index contributed by atoms with van der Waals surface area (Å²) in [6, 6.07) is 14.0. The van der Waals surface area contributed by atoms with Crippen molar-refractivity contribution in [3.63, 3.8) is 0 Å². The maximum absolute atomic E-state index is 11.9. The number of Topliss-reactive ketones (excluding diaryl/α,β-unsaturated/α-hetero) is 1. The number of rotatable bonds is 4. The number of benzene rings is 2. The first-order valence-electron chi connectivity index (χ1n) is 7.12. The monoisotopic (exact) mass is 307 g/mol. The highest BCUT2D eigenvalue weighted by atomic mass is 16.5. The Labute approximate surface area is 135 Å². The van der Waals surface area contributed by atoms with Gasteiger partial charge in [0.25, 0.3) is 5.91 Å². The van der Waals surface area contributed by atoms with Crippen molar-refractivity contribution in [2.75, 3.05) is 13.7 Å². The summed E-state index contributed by atoms with van der Waals surface area (Å²) < 4.78 is 5.03. The summed E-state index contributed by atoms with van der Waals surface area (Å²) in [5.41, 5.74) is 2.14. The van der Waals surface area contributed by atoms with Crippen LogP contribution >= 0.6 is 0 Å². The van der Waals surface area contributed by atoms with Crippen LogP contribution in [0, 0.1) is 18.8 Å². The Kier molecular flexibility index (Phi) is 5.54. The number of ketones is 1. The number of hydrogen-bond donors (Lipinski definition) is 1.